The van der Waals surface area contributed by atoms with E-state index in [0.717, 1.165) is 44.5 Å². The molecule has 1 N–H and O–H groups in total. The third-order valence-corrected chi connectivity index (χ3v) is 6.67. The summed E-state index contributed by atoms with van der Waals surface area (Å²) < 4.78 is 37.5. The zero-order chi connectivity index (χ0) is 19.2. The molecule has 146 valence electrons. The maximum Gasteiger partial charge on any atom is 0.317 e. The van der Waals surface area contributed by atoms with Crippen molar-refractivity contribution in [2.24, 2.45) is 0 Å². The first kappa shape index (κ1) is 20.8. The highest BCUT2D eigenvalue weighted by molar-refractivity contribution is 7.91. The molecule has 1 fully saturated rings. The number of aliphatic carboxylic acids is 1. The van der Waals surface area contributed by atoms with Crippen molar-refractivity contribution in [3.05, 3.63) is 30.1 Å². The second kappa shape index (κ2) is 9.43. The minimum atomic E-state index is -3.39. The van der Waals surface area contributed by atoms with Crippen molar-refractivity contribution in [3.63, 3.8) is 0 Å². The predicted molar refractivity (Wildman–Crippen MR) is 97.4 cm³/mol. The van der Waals surface area contributed by atoms with Gasteiger partial charge in [0, 0.05) is 6.04 Å². The van der Waals surface area contributed by atoms with Gasteiger partial charge in [-0.05, 0) is 76.6 Å². The molecule has 0 saturated carbocycles. The van der Waals surface area contributed by atoms with Gasteiger partial charge in [-0.1, -0.05) is 0 Å². The zero-order valence-electron chi connectivity index (χ0n) is 15.1. The highest BCUT2D eigenvalue weighted by atomic mass is 32.2. The standard InChI is InChI=1S/C18H27FN2O4S/c1-20(14-18(22)23)16-4-2-10-21(12-9-16)11-3-13-26(24,25)17-7-5-15(19)6-8-17/h5-8,16H,2-4,9-14H2,1H3,(H,22,23). The molecule has 8 heteroatoms. The van der Waals surface area contributed by atoms with Crippen LogP contribution in [0.4, 0.5) is 4.39 Å². The Morgan fingerprint density at radius 3 is 2.62 bits per heavy atom. The van der Waals surface area contributed by atoms with Gasteiger partial charge in [0.15, 0.2) is 9.84 Å². The quantitative estimate of drug-likeness (QED) is 0.687. The zero-order valence-corrected chi connectivity index (χ0v) is 15.9. The lowest BCUT2D eigenvalue weighted by atomic mass is 10.1. The predicted octanol–water partition coefficient (Wildman–Crippen LogP) is 1.86. The molecule has 1 aromatic rings. The summed E-state index contributed by atoms with van der Waals surface area (Å²) in [6.07, 6.45) is 3.33. The van der Waals surface area contributed by atoms with Gasteiger partial charge < -0.3 is 10.0 Å². The molecule has 0 aliphatic carbocycles. The van der Waals surface area contributed by atoms with Gasteiger partial charge in [-0.2, -0.15) is 0 Å². The van der Waals surface area contributed by atoms with Crippen molar-refractivity contribution in [2.75, 3.05) is 39.0 Å². The van der Waals surface area contributed by atoms with Gasteiger partial charge in [0.2, 0.25) is 0 Å². The number of carboxylic acids is 1. The number of hydrogen-bond acceptors (Lipinski definition) is 5. The van der Waals surface area contributed by atoms with Crippen LogP contribution in [-0.4, -0.2) is 74.3 Å². The minimum Gasteiger partial charge on any atom is -0.480 e. The van der Waals surface area contributed by atoms with Crippen molar-refractivity contribution in [1.82, 2.24) is 9.80 Å². The van der Waals surface area contributed by atoms with Crippen LogP contribution in [0.5, 0.6) is 0 Å². The molecule has 1 aliphatic heterocycles. The Hall–Kier alpha value is -1.51. The van der Waals surface area contributed by atoms with Crippen molar-refractivity contribution in [3.8, 4) is 0 Å². The molecule has 0 bridgehead atoms. The molecular formula is C18H27FN2O4S. The molecule has 0 spiro atoms. The summed E-state index contributed by atoms with van der Waals surface area (Å²) in [6.45, 7) is 2.47. The van der Waals surface area contributed by atoms with E-state index in [2.05, 4.69) is 4.90 Å². The third-order valence-electron chi connectivity index (χ3n) is 4.86. The number of sulfone groups is 1. The molecule has 6 nitrogen and oxygen atoms in total. The summed E-state index contributed by atoms with van der Waals surface area (Å²) in [5, 5.41) is 8.91. The molecule has 2 rings (SSSR count). The smallest absolute Gasteiger partial charge is 0.317 e. The highest BCUT2D eigenvalue weighted by Gasteiger charge is 2.22. The lowest BCUT2D eigenvalue weighted by Crippen LogP contribution is -2.36. The Kier molecular flexibility index (Phi) is 7.55. The maximum absolute atomic E-state index is 12.9. The van der Waals surface area contributed by atoms with Gasteiger partial charge in [0.05, 0.1) is 17.2 Å². The number of carboxylic acid groups (broad SMARTS) is 1. The van der Waals surface area contributed by atoms with Gasteiger partial charge in [-0.15, -0.1) is 0 Å². The second-order valence-corrected chi connectivity index (χ2v) is 8.97. The van der Waals surface area contributed by atoms with Crippen LogP contribution in [0.1, 0.15) is 25.7 Å². The normalized spacial score (nSPS) is 19.4. The molecule has 0 radical (unpaired) electrons. The van der Waals surface area contributed by atoms with Crippen molar-refractivity contribution >= 4 is 15.8 Å². The average Bonchev–Trinajstić information content (AvgIpc) is 2.80. The largest absolute Gasteiger partial charge is 0.480 e. The average molecular weight is 386 g/mol. The fourth-order valence-electron chi connectivity index (χ4n) is 3.38. The topological polar surface area (TPSA) is 77.9 Å². The fourth-order valence-corrected chi connectivity index (χ4v) is 4.68. The van der Waals surface area contributed by atoms with Gasteiger partial charge in [0.25, 0.3) is 0 Å². The van der Waals surface area contributed by atoms with Gasteiger partial charge in [0.1, 0.15) is 5.82 Å². The summed E-state index contributed by atoms with van der Waals surface area (Å²) in [5.74, 6) is -1.23. The van der Waals surface area contributed by atoms with E-state index in [1.165, 1.54) is 12.1 Å². The van der Waals surface area contributed by atoms with E-state index in [0.29, 0.717) is 13.0 Å². The van der Waals surface area contributed by atoms with Crippen molar-refractivity contribution < 1.29 is 22.7 Å². The van der Waals surface area contributed by atoms with E-state index in [-0.39, 0.29) is 23.2 Å². The first-order chi connectivity index (χ1) is 12.3. The summed E-state index contributed by atoms with van der Waals surface area (Å²) in [7, 11) is -1.55. The summed E-state index contributed by atoms with van der Waals surface area (Å²) in [5.41, 5.74) is 0. The van der Waals surface area contributed by atoms with Crippen molar-refractivity contribution in [2.45, 2.75) is 36.6 Å². The number of nitrogens with zero attached hydrogens (tertiary/aromatic N) is 2. The maximum atomic E-state index is 12.9. The monoisotopic (exact) mass is 386 g/mol. The van der Waals surface area contributed by atoms with Gasteiger partial charge in [-0.25, -0.2) is 12.8 Å². The molecule has 1 aromatic carbocycles. The van der Waals surface area contributed by atoms with Crippen LogP contribution in [0.15, 0.2) is 29.2 Å². The molecule has 1 aliphatic rings. The first-order valence-corrected chi connectivity index (χ1v) is 10.6. The fraction of sp³-hybridized carbons (Fsp3) is 0.611. The Morgan fingerprint density at radius 1 is 1.27 bits per heavy atom. The molecule has 0 aromatic heterocycles. The lowest BCUT2D eigenvalue weighted by molar-refractivity contribution is -0.138. The van der Waals surface area contributed by atoms with Gasteiger partial charge in [-0.3, -0.25) is 9.69 Å². The summed E-state index contributed by atoms with van der Waals surface area (Å²) in [6, 6.07) is 5.18. The lowest BCUT2D eigenvalue weighted by Gasteiger charge is -2.25. The van der Waals surface area contributed by atoms with E-state index < -0.39 is 21.6 Å². The van der Waals surface area contributed by atoms with Crippen LogP contribution in [0.25, 0.3) is 0 Å². The van der Waals surface area contributed by atoms with Crippen LogP contribution < -0.4 is 0 Å². The Labute approximate surface area is 154 Å². The van der Waals surface area contributed by atoms with Gasteiger partial charge >= 0.3 is 5.97 Å². The van der Waals surface area contributed by atoms with E-state index in [4.69, 9.17) is 5.11 Å². The molecular weight excluding hydrogens is 359 g/mol. The SMILES string of the molecule is CN(CC(=O)O)C1CCCN(CCCS(=O)(=O)c2ccc(F)cc2)CC1. The molecule has 0 amide bonds. The van der Waals surface area contributed by atoms with Crippen LogP contribution in [0.3, 0.4) is 0 Å². The second-order valence-electron chi connectivity index (χ2n) is 6.86. The molecule has 1 unspecified atom stereocenters. The molecule has 1 heterocycles. The van der Waals surface area contributed by atoms with Crippen LogP contribution >= 0.6 is 0 Å². The number of rotatable bonds is 8. The van der Waals surface area contributed by atoms with E-state index in [1.807, 2.05) is 11.9 Å². The van der Waals surface area contributed by atoms with Crippen LogP contribution in [0.2, 0.25) is 0 Å². The molecule has 1 saturated heterocycles. The Bertz CT molecular complexity index is 694. The first-order valence-electron chi connectivity index (χ1n) is 8.90. The van der Waals surface area contributed by atoms with E-state index in [1.54, 1.807) is 0 Å². The minimum absolute atomic E-state index is 0.0392. The van der Waals surface area contributed by atoms with Crippen molar-refractivity contribution in [1.29, 1.82) is 0 Å². The number of halogens is 1. The number of likely N-dealkylation sites (N-methyl/N-ethyl adjacent to an activating group) is 1. The third kappa shape index (κ3) is 6.34. The van der Waals surface area contributed by atoms with Crippen LogP contribution in [-0.2, 0) is 14.6 Å². The summed E-state index contributed by atoms with van der Waals surface area (Å²) >= 11 is 0. The Balaban J connectivity index is 1.79. The number of likely N-dealkylation sites (tertiary alicyclic amines) is 1. The van der Waals surface area contributed by atoms with E-state index in [9.17, 15) is 17.6 Å². The molecule has 1 atom stereocenters. The number of hydrogen-bond donors (Lipinski definition) is 1. The summed E-state index contributed by atoms with van der Waals surface area (Å²) in [4.78, 5) is 15.1. The Morgan fingerprint density at radius 2 is 1.96 bits per heavy atom. The van der Waals surface area contributed by atoms with E-state index >= 15 is 0 Å². The highest BCUT2D eigenvalue weighted by Crippen LogP contribution is 2.17. The van der Waals surface area contributed by atoms with Crippen LogP contribution in [0, 0.1) is 5.82 Å². The number of benzene rings is 1. The molecule has 26 heavy (non-hydrogen) atoms. The number of carbonyl (C=O) groups is 1.